The van der Waals surface area contributed by atoms with Crippen molar-refractivity contribution in [1.29, 1.82) is 0 Å². The van der Waals surface area contributed by atoms with Gasteiger partial charge in [0.1, 0.15) is 12.0 Å². The Bertz CT molecular complexity index is 804. The van der Waals surface area contributed by atoms with Gasteiger partial charge >= 0.3 is 6.18 Å². The number of carbonyl (C=O) groups is 1. The number of hydrogen-bond acceptors (Lipinski definition) is 4. The lowest BCUT2D eigenvalue weighted by molar-refractivity contribution is -0.137. The molecule has 4 rings (SSSR count). The molecule has 144 valence electrons. The van der Waals surface area contributed by atoms with E-state index in [9.17, 15) is 18.0 Å². The van der Waals surface area contributed by atoms with Gasteiger partial charge in [0.05, 0.1) is 5.56 Å². The lowest BCUT2D eigenvalue weighted by atomic mass is 9.96. The highest BCUT2D eigenvalue weighted by Crippen LogP contribution is 2.34. The number of benzene rings is 1. The molecule has 3 atom stereocenters. The molecule has 1 aromatic carbocycles. The van der Waals surface area contributed by atoms with Crippen LogP contribution < -0.4 is 10.1 Å². The summed E-state index contributed by atoms with van der Waals surface area (Å²) in [6.45, 7) is 3.11. The number of amides is 1. The van der Waals surface area contributed by atoms with Crippen LogP contribution in [0.2, 0.25) is 0 Å². The number of hydrogen-bond donors (Lipinski definition) is 1. The number of piperidine rings is 1. The normalized spacial score (nSPS) is 24.6. The van der Waals surface area contributed by atoms with Crippen molar-refractivity contribution in [3.63, 3.8) is 0 Å². The van der Waals surface area contributed by atoms with Crippen molar-refractivity contribution in [3.8, 4) is 11.7 Å². The second-order valence-electron chi connectivity index (χ2n) is 7.10. The molecule has 1 N–H and O–H groups in total. The van der Waals surface area contributed by atoms with Gasteiger partial charge in [0.2, 0.25) is 0 Å². The number of rotatable bonds is 4. The number of nitrogens with zero attached hydrogens (tertiary/aromatic N) is 1. The van der Waals surface area contributed by atoms with Crippen molar-refractivity contribution in [2.45, 2.75) is 25.1 Å². The molecular formula is C19H19F3N2O3. The van der Waals surface area contributed by atoms with Gasteiger partial charge in [-0.15, -0.1) is 0 Å². The van der Waals surface area contributed by atoms with Crippen LogP contribution in [0.15, 0.2) is 41.0 Å². The van der Waals surface area contributed by atoms with E-state index in [0.717, 1.165) is 32.1 Å². The quantitative estimate of drug-likeness (QED) is 0.874. The lowest BCUT2D eigenvalue weighted by Gasteiger charge is -2.30. The average Bonchev–Trinajstić information content (AvgIpc) is 3.22. The van der Waals surface area contributed by atoms with Crippen LogP contribution >= 0.6 is 0 Å². The summed E-state index contributed by atoms with van der Waals surface area (Å²) in [5.74, 6) is 0.531. The third kappa shape index (κ3) is 4.10. The molecule has 5 nitrogen and oxygen atoms in total. The van der Waals surface area contributed by atoms with E-state index >= 15 is 0 Å². The predicted molar refractivity (Wildman–Crippen MR) is 90.6 cm³/mol. The Balaban J connectivity index is 1.35. The third-order valence-electron chi connectivity index (χ3n) is 5.04. The fraction of sp³-hybridized carbons (Fsp3) is 0.421. The molecule has 2 aliphatic rings. The first kappa shape index (κ1) is 17.9. The Kier molecular flexibility index (Phi) is 4.59. The molecule has 2 fully saturated rings. The predicted octanol–water partition coefficient (Wildman–Crippen LogP) is 3.91. The van der Waals surface area contributed by atoms with E-state index in [1.165, 1.54) is 18.6 Å². The summed E-state index contributed by atoms with van der Waals surface area (Å²) in [7, 11) is 0. The minimum atomic E-state index is -4.48. The smallest absolute Gasteiger partial charge is 0.419 e. The number of fused-ring (bicyclic) bond motifs is 2. The maximum absolute atomic E-state index is 12.6. The Hall–Kier alpha value is -2.48. The third-order valence-corrected chi connectivity index (χ3v) is 5.04. The molecule has 0 radical (unpaired) electrons. The molecule has 0 saturated carbocycles. The molecule has 2 aliphatic heterocycles. The summed E-state index contributed by atoms with van der Waals surface area (Å²) in [6.07, 6.45) is -1.68. The van der Waals surface area contributed by atoms with E-state index in [1.54, 1.807) is 12.1 Å². The zero-order chi connectivity index (χ0) is 19.0. The summed E-state index contributed by atoms with van der Waals surface area (Å²) in [5, 5.41) is 3.06. The van der Waals surface area contributed by atoms with Crippen molar-refractivity contribution in [1.82, 2.24) is 10.2 Å². The molecule has 1 unspecified atom stereocenters. The van der Waals surface area contributed by atoms with Gasteiger partial charge in [-0.1, -0.05) is 0 Å². The summed E-state index contributed by atoms with van der Waals surface area (Å²) in [6, 6.07) is 7.15. The van der Waals surface area contributed by atoms with Gasteiger partial charge in [0.25, 0.3) is 11.9 Å². The zero-order valence-corrected chi connectivity index (χ0v) is 14.5. The van der Waals surface area contributed by atoms with Gasteiger partial charge in [-0.05, 0) is 49.6 Å². The van der Waals surface area contributed by atoms with Gasteiger partial charge < -0.3 is 19.4 Å². The largest absolute Gasteiger partial charge is 0.433 e. The van der Waals surface area contributed by atoms with Crippen molar-refractivity contribution in [2.75, 3.05) is 19.6 Å². The highest BCUT2D eigenvalue weighted by atomic mass is 19.4. The summed E-state index contributed by atoms with van der Waals surface area (Å²) in [4.78, 5) is 14.8. The van der Waals surface area contributed by atoms with Crippen LogP contribution in [-0.4, -0.2) is 36.5 Å². The van der Waals surface area contributed by atoms with E-state index in [2.05, 4.69) is 10.2 Å². The minimum Gasteiger partial charge on any atom is -0.433 e. The molecule has 1 amide bonds. The zero-order valence-electron chi connectivity index (χ0n) is 14.5. The molecule has 1 aromatic heterocycles. The van der Waals surface area contributed by atoms with Crippen LogP contribution in [0.1, 0.15) is 28.8 Å². The Morgan fingerprint density at radius 3 is 2.67 bits per heavy atom. The Labute approximate surface area is 154 Å². The second kappa shape index (κ2) is 6.92. The molecule has 0 spiro atoms. The van der Waals surface area contributed by atoms with Crippen molar-refractivity contribution in [2.24, 2.45) is 5.92 Å². The van der Waals surface area contributed by atoms with Crippen LogP contribution in [-0.2, 0) is 6.18 Å². The maximum Gasteiger partial charge on any atom is 0.419 e. The van der Waals surface area contributed by atoms with Crippen LogP contribution in [0.25, 0.3) is 0 Å². The summed E-state index contributed by atoms with van der Waals surface area (Å²) < 4.78 is 47.7. The lowest BCUT2D eigenvalue weighted by Crippen LogP contribution is -2.46. The number of carbonyl (C=O) groups excluding carboxylic acids is 1. The van der Waals surface area contributed by atoms with Gasteiger partial charge in [-0.3, -0.25) is 4.79 Å². The highest BCUT2D eigenvalue weighted by molar-refractivity contribution is 5.94. The number of ether oxygens (including phenoxy) is 1. The standard InChI is InChI=1S/C19H19F3N2O3/c20-19(21,22)14-8-17(26-11-14)27-16-3-1-13(2-4-16)18(25)23-15-7-12-5-6-24(9-12)10-15/h1-4,8,11-12,15H,5-7,9-10H2,(H,23,25)/t12-,15-/m1/s1. The monoisotopic (exact) mass is 380 g/mol. The fourth-order valence-electron chi connectivity index (χ4n) is 3.74. The van der Waals surface area contributed by atoms with E-state index in [1.807, 2.05) is 0 Å². The topological polar surface area (TPSA) is 54.7 Å². The number of halogens is 3. The minimum absolute atomic E-state index is 0.151. The van der Waals surface area contributed by atoms with Crippen molar-refractivity contribution < 1.29 is 27.1 Å². The van der Waals surface area contributed by atoms with Gasteiger partial charge in [-0.2, -0.15) is 13.2 Å². The number of nitrogens with one attached hydrogen (secondary N) is 1. The molecule has 0 aliphatic carbocycles. The van der Waals surface area contributed by atoms with E-state index in [-0.39, 0.29) is 23.6 Å². The maximum atomic E-state index is 12.6. The van der Waals surface area contributed by atoms with E-state index in [4.69, 9.17) is 9.15 Å². The van der Waals surface area contributed by atoms with E-state index < -0.39 is 11.7 Å². The highest BCUT2D eigenvalue weighted by Gasteiger charge is 2.34. The van der Waals surface area contributed by atoms with Gasteiger partial charge in [0.15, 0.2) is 0 Å². The first-order valence-corrected chi connectivity index (χ1v) is 8.84. The Morgan fingerprint density at radius 1 is 1.22 bits per heavy atom. The summed E-state index contributed by atoms with van der Waals surface area (Å²) in [5.41, 5.74) is -0.434. The van der Waals surface area contributed by atoms with Gasteiger partial charge in [-0.25, -0.2) is 0 Å². The van der Waals surface area contributed by atoms with Crippen molar-refractivity contribution in [3.05, 3.63) is 47.7 Å². The molecule has 27 heavy (non-hydrogen) atoms. The van der Waals surface area contributed by atoms with Crippen LogP contribution in [0.4, 0.5) is 13.2 Å². The van der Waals surface area contributed by atoms with E-state index in [0.29, 0.717) is 17.7 Å². The molecular weight excluding hydrogens is 361 g/mol. The van der Waals surface area contributed by atoms with Gasteiger partial charge in [0, 0.05) is 30.8 Å². The van der Waals surface area contributed by atoms with Crippen LogP contribution in [0.5, 0.6) is 11.7 Å². The van der Waals surface area contributed by atoms with Crippen LogP contribution in [0.3, 0.4) is 0 Å². The molecule has 8 heteroatoms. The molecule has 2 aromatic rings. The van der Waals surface area contributed by atoms with Crippen LogP contribution in [0, 0.1) is 5.92 Å². The Morgan fingerprint density at radius 2 is 2.00 bits per heavy atom. The molecule has 3 heterocycles. The SMILES string of the molecule is O=C(N[C@@H]1C[C@H]2CCN(C2)C1)c1ccc(Oc2cc(C(F)(F)F)co2)cc1. The second-order valence-corrected chi connectivity index (χ2v) is 7.10. The van der Waals surface area contributed by atoms with Crippen molar-refractivity contribution >= 4 is 5.91 Å². The number of furan rings is 1. The summed E-state index contributed by atoms with van der Waals surface area (Å²) >= 11 is 0. The fourth-order valence-corrected chi connectivity index (χ4v) is 3.74. The number of alkyl halides is 3. The first-order chi connectivity index (χ1) is 12.9. The molecule has 2 bridgehead atoms. The first-order valence-electron chi connectivity index (χ1n) is 8.84. The molecule has 2 saturated heterocycles. The average molecular weight is 380 g/mol.